The smallest absolute Gasteiger partial charge is 0.165 e. The normalized spacial score (nSPS) is 11.7. The summed E-state index contributed by atoms with van der Waals surface area (Å²) < 4.78 is 17.7. The molecule has 0 heterocycles. The van der Waals surface area contributed by atoms with Crippen LogP contribution in [-0.4, -0.2) is 18.8 Å². The van der Waals surface area contributed by atoms with E-state index < -0.39 is 11.9 Å². The Balaban J connectivity index is 0.00000169. The minimum absolute atomic E-state index is 0. The van der Waals surface area contributed by atoms with Crippen molar-refractivity contribution in [3.63, 3.8) is 0 Å². The van der Waals surface area contributed by atoms with Gasteiger partial charge in [-0.25, -0.2) is 4.39 Å². The van der Waals surface area contributed by atoms with E-state index in [0.29, 0.717) is 5.56 Å². The maximum atomic E-state index is 12.9. The molecule has 0 spiro atoms. The van der Waals surface area contributed by atoms with Crippen molar-refractivity contribution in [1.29, 1.82) is 0 Å². The molecule has 3 nitrogen and oxygen atoms in total. The van der Waals surface area contributed by atoms with Crippen LogP contribution in [0.15, 0.2) is 18.2 Å². The van der Waals surface area contributed by atoms with Crippen molar-refractivity contribution in [1.82, 2.24) is 0 Å². The van der Waals surface area contributed by atoms with Crippen LogP contribution in [0.4, 0.5) is 4.39 Å². The molecule has 0 saturated carbocycles. The van der Waals surface area contributed by atoms with Crippen LogP contribution in [0.2, 0.25) is 0 Å². The Kier molecular flexibility index (Phi) is 5.45. The number of nitrogens with two attached hydrogens (primary N) is 1. The van der Waals surface area contributed by atoms with E-state index in [2.05, 4.69) is 0 Å². The van der Waals surface area contributed by atoms with Crippen molar-refractivity contribution in [3.8, 4) is 5.75 Å². The van der Waals surface area contributed by atoms with Gasteiger partial charge in [-0.15, -0.1) is 12.4 Å². The Bertz CT molecular complexity index is 296. The first-order valence-electron chi connectivity index (χ1n) is 3.89. The monoisotopic (exact) mass is 221 g/mol. The van der Waals surface area contributed by atoms with Crippen molar-refractivity contribution >= 4 is 12.4 Å². The van der Waals surface area contributed by atoms with E-state index in [1.54, 1.807) is 0 Å². The maximum Gasteiger partial charge on any atom is 0.165 e. The number of benzene rings is 1. The third-order valence-electron chi connectivity index (χ3n) is 1.80. The SMILES string of the molecule is COc1cc([C@H](N)CO)ccc1F.Cl. The molecule has 3 N–H and O–H groups in total. The van der Waals surface area contributed by atoms with Crippen molar-refractivity contribution in [2.75, 3.05) is 13.7 Å². The fraction of sp³-hybridized carbons (Fsp3) is 0.333. The van der Waals surface area contributed by atoms with Gasteiger partial charge in [0.05, 0.1) is 19.8 Å². The van der Waals surface area contributed by atoms with E-state index >= 15 is 0 Å². The summed E-state index contributed by atoms with van der Waals surface area (Å²) in [5.41, 5.74) is 6.19. The molecule has 0 bridgehead atoms. The Morgan fingerprint density at radius 3 is 2.71 bits per heavy atom. The summed E-state index contributed by atoms with van der Waals surface area (Å²) >= 11 is 0. The molecule has 0 aliphatic carbocycles. The minimum atomic E-state index is -0.491. The van der Waals surface area contributed by atoms with Crippen LogP contribution in [0.25, 0.3) is 0 Å². The van der Waals surface area contributed by atoms with Gasteiger partial charge in [-0.05, 0) is 17.7 Å². The predicted octanol–water partition coefficient (Wildman–Crippen LogP) is 1.25. The highest BCUT2D eigenvalue weighted by atomic mass is 35.5. The Labute approximate surface area is 88.1 Å². The van der Waals surface area contributed by atoms with Crippen molar-refractivity contribution < 1.29 is 14.2 Å². The summed E-state index contributed by atoms with van der Waals surface area (Å²) in [4.78, 5) is 0. The third kappa shape index (κ3) is 2.83. The Hall–Kier alpha value is -0.840. The zero-order valence-electron chi connectivity index (χ0n) is 7.74. The van der Waals surface area contributed by atoms with E-state index in [-0.39, 0.29) is 24.8 Å². The molecule has 0 aliphatic rings. The number of ether oxygens (including phenoxy) is 1. The summed E-state index contributed by atoms with van der Waals surface area (Å²) in [5, 5.41) is 8.76. The lowest BCUT2D eigenvalue weighted by atomic mass is 10.1. The van der Waals surface area contributed by atoms with E-state index in [9.17, 15) is 4.39 Å². The Morgan fingerprint density at radius 2 is 2.21 bits per heavy atom. The number of hydrogen-bond acceptors (Lipinski definition) is 3. The molecule has 0 unspecified atom stereocenters. The largest absolute Gasteiger partial charge is 0.494 e. The van der Waals surface area contributed by atoms with Crippen LogP contribution in [0.3, 0.4) is 0 Å². The number of hydrogen-bond donors (Lipinski definition) is 2. The lowest BCUT2D eigenvalue weighted by Gasteiger charge is -2.10. The van der Waals surface area contributed by atoms with E-state index in [0.717, 1.165) is 0 Å². The van der Waals surface area contributed by atoms with Crippen LogP contribution in [0, 0.1) is 5.82 Å². The van der Waals surface area contributed by atoms with Crippen LogP contribution in [0.1, 0.15) is 11.6 Å². The lowest BCUT2D eigenvalue weighted by molar-refractivity contribution is 0.267. The van der Waals surface area contributed by atoms with Gasteiger partial charge in [0, 0.05) is 0 Å². The molecule has 0 radical (unpaired) electrons. The van der Waals surface area contributed by atoms with Gasteiger partial charge in [0.2, 0.25) is 0 Å². The Morgan fingerprint density at radius 1 is 1.57 bits per heavy atom. The molecule has 0 fully saturated rings. The van der Waals surface area contributed by atoms with Gasteiger partial charge in [-0.2, -0.15) is 0 Å². The summed E-state index contributed by atoms with van der Waals surface area (Å²) in [6.45, 7) is -0.172. The lowest BCUT2D eigenvalue weighted by Crippen LogP contribution is -2.14. The number of aliphatic hydroxyl groups is 1. The van der Waals surface area contributed by atoms with Gasteiger partial charge in [-0.1, -0.05) is 6.07 Å². The van der Waals surface area contributed by atoms with Crippen LogP contribution < -0.4 is 10.5 Å². The molecule has 80 valence electrons. The molecule has 0 aromatic heterocycles. The average molecular weight is 222 g/mol. The highest BCUT2D eigenvalue weighted by Crippen LogP contribution is 2.21. The number of halogens is 2. The first-order valence-corrected chi connectivity index (χ1v) is 3.89. The van der Waals surface area contributed by atoms with E-state index in [1.807, 2.05) is 0 Å². The molecule has 1 rings (SSSR count). The fourth-order valence-electron chi connectivity index (χ4n) is 1.01. The van der Waals surface area contributed by atoms with Gasteiger partial charge in [0.1, 0.15) is 0 Å². The molecule has 14 heavy (non-hydrogen) atoms. The van der Waals surface area contributed by atoms with Gasteiger partial charge >= 0.3 is 0 Å². The molecular formula is C9H13ClFNO2. The van der Waals surface area contributed by atoms with Crippen molar-refractivity contribution in [2.45, 2.75) is 6.04 Å². The van der Waals surface area contributed by atoms with Gasteiger partial charge in [0.15, 0.2) is 11.6 Å². The quantitative estimate of drug-likeness (QED) is 0.808. The zero-order valence-corrected chi connectivity index (χ0v) is 8.55. The molecule has 0 aliphatic heterocycles. The number of methoxy groups -OCH3 is 1. The van der Waals surface area contributed by atoms with Crippen molar-refractivity contribution in [2.24, 2.45) is 5.73 Å². The van der Waals surface area contributed by atoms with Gasteiger partial charge < -0.3 is 15.6 Å². The molecule has 0 saturated heterocycles. The molecule has 1 atom stereocenters. The highest BCUT2D eigenvalue weighted by molar-refractivity contribution is 5.85. The third-order valence-corrected chi connectivity index (χ3v) is 1.80. The standard InChI is InChI=1S/C9H12FNO2.ClH/c1-13-9-4-6(8(11)5-12)2-3-7(9)10;/h2-4,8,12H,5,11H2,1H3;1H/t8-;/m1./s1. The topological polar surface area (TPSA) is 55.5 Å². The fourth-order valence-corrected chi connectivity index (χ4v) is 1.01. The first kappa shape index (κ1) is 13.2. The van der Waals surface area contributed by atoms with Gasteiger partial charge in [0.25, 0.3) is 0 Å². The van der Waals surface area contributed by atoms with Gasteiger partial charge in [-0.3, -0.25) is 0 Å². The summed E-state index contributed by atoms with van der Waals surface area (Å²) in [6, 6.07) is 3.79. The molecule has 1 aromatic rings. The maximum absolute atomic E-state index is 12.9. The van der Waals surface area contributed by atoms with Crippen LogP contribution >= 0.6 is 12.4 Å². The predicted molar refractivity (Wildman–Crippen MR) is 54.2 cm³/mol. The van der Waals surface area contributed by atoms with Crippen LogP contribution in [0.5, 0.6) is 5.75 Å². The second-order valence-electron chi connectivity index (χ2n) is 2.68. The minimum Gasteiger partial charge on any atom is -0.494 e. The highest BCUT2D eigenvalue weighted by Gasteiger charge is 2.08. The average Bonchev–Trinajstić information content (AvgIpc) is 2.17. The molecular weight excluding hydrogens is 209 g/mol. The number of aliphatic hydroxyl groups excluding tert-OH is 1. The summed E-state index contributed by atoms with van der Waals surface area (Å²) in [5.74, 6) is -0.294. The molecule has 1 aromatic carbocycles. The first-order chi connectivity index (χ1) is 6.19. The second-order valence-corrected chi connectivity index (χ2v) is 2.68. The van der Waals surface area contributed by atoms with E-state index in [1.165, 1.54) is 25.3 Å². The van der Waals surface area contributed by atoms with Crippen molar-refractivity contribution in [3.05, 3.63) is 29.6 Å². The van der Waals surface area contributed by atoms with Crippen LogP contribution in [-0.2, 0) is 0 Å². The number of rotatable bonds is 3. The second kappa shape index (κ2) is 5.80. The van der Waals surface area contributed by atoms with E-state index in [4.69, 9.17) is 15.6 Å². The molecule has 0 amide bonds. The zero-order chi connectivity index (χ0) is 9.84. The molecule has 5 heteroatoms. The summed E-state index contributed by atoms with van der Waals surface area (Å²) in [6.07, 6.45) is 0. The summed E-state index contributed by atoms with van der Waals surface area (Å²) in [7, 11) is 1.38.